The van der Waals surface area contributed by atoms with Gasteiger partial charge in [-0.15, -0.1) is 0 Å². The molecule has 2 fully saturated rings. The lowest BCUT2D eigenvalue weighted by Crippen LogP contribution is -2.76. The Morgan fingerprint density at radius 3 is 2.45 bits per heavy atom. The molecular formula is C25H32O8. The molecule has 0 spiro atoms. The van der Waals surface area contributed by atoms with Crippen LogP contribution in [0.4, 0.5) is 0 Å². The molecule has 3 heterocycles. The Morgan fingerprint density at radius 2 is 1.79 bits per heavy atom. The van der Waals surface area contributed by atoms with Crippen LogP contribution in [0.5, 0.6) is 11.5 Å². The van der Waals surface area contributed by atoms with Crippen LogP contribution < -0.4 is 9.47 Å². The zero-order chi connectivity index (χ0) is 24.1. The molecule has 0 unspecified atom stereocenters. The van der Waals surface area contributed by atoms with E-state index in [0.717, 1.165) is 16.7 Å². The maximum atomic E-state index is 12.5. The number of ether oxygens (including phenoxy) is 4. The Labute approximate surface area is 193 Å². The van der Waals surface area contributed by atoms with Crippen LogP contribution in [-0.4, -0.2) is 52.2 Å². The van der Waals surface area contributed by atoms with Gasteiger partial charge in [0.05, 0.1) is 13.2 Å². The number of benzene rings is 1. The first kappa shape index (κ1) is 22.5. The van der Waals surface area contributed by atoms with Crippen LogP contribution in [-0.2, 0) is 27.3 Å². The second kappa shape index (κ2) is 6.63. The molecule has 0 amide bonds. The highest BCUT2D eigenvalue weighted by Crippen LogP contribution is 2.64. The van der Waals surface area contributed by atoms with E-state index in [1.54, 1.807) is 13.8 Å². The minimum atomic E-state index is -1.70. The molecule has 180 valence electrons. The van der Waals surface area contributed by atoms with Gasteiger partial charge in [-0.1, -0.05) is 6.92 Å². The monoisotopic (exact) mass is 460 g/mol. The van der Waals surface area contributed by atoms with E-state index >= 15 is 0 Å². The van der Waals surface area contributed by atoms with Crippen molar-refractivity contribution >= 4 is 11.9 Å². The van der Waals surface area contributed by atoms with Gasteiger partial charge in [-0.05, 0) is 46.1 Å². The Hall–Kier alpha value is -2.32. The van der Waals surface area contributed by atoms with E-state index in [-0.39, 0.29) is 25.4 Å². The van der Waals surface area contributed by atoms with Gasteiger partial charge in [0.1, 0.15) is 40.5 Å². The average molecular weight is 461 g/mol. The van der Waals surface area contributed by atoms with Crippen molar-refractivity contribution in [3.05, 3.63) is 22.3 Å². The summed E-state index contributed by atoms with van der Waals surface area (Å²) in [4.78, 5) is 25.0. The van der Waals surface area contributed by atoms with Crippen LogP contribution >= 0.6 is 0 Å². The van der Waals surface area contributed by atoms with Crippen LogP contribution in [0.1, 0.15) is 74.0 Å². The zero-order valence-electron chi connectivity index (χ0n) is 20.0. The number of hydrogen-bond donors (Lipinski definition) is 2. The fraction of sp³-hybridized carbons (Fsp3) is 0.680. The van der Waals surface area contributed by atoms with E-state index in [9.17, 15) is 19.8 Å². The standard InChI is InChI=1S/C25H32O8/c1-12-14-11-31-21(28)18(14)20(30-6)13-9-15-23(4)8-7-17(27)32-22(2,3)25(23,29)16(26)10-24(15,5)33-19(12)13/h15-16,26,29H,7-11H2,1-6H3/t15-,16+,23+,24-,25+/m0/s1. The molecule has 1 aromatic rings. The lowest BCUT2D eigenvalue weighted by molar-refractivity contribution is -0.302. The minimum absolute atomic E-state index is 0.126. The highest BCUT2D eigenvalue weighted by Gasteiger charge is 2.73. The van der Waals surface area contributed by atoms with Gasteiger partial charge in [0, 0.05) is 35.3 Å². The predicted molar refractivity (Wildman–Crippen MR) is 116 cm³/mol. The Balaban J connectivity index is 1.73. The molecule has 1 aliphatic carbocycles. The lowest BCUT2D eigenvalue weighted by atomic mass is 9.46. The van der Waals surface area contributed by atoms with E-state index in [2.05, 4.69) is 0 Å². The SMILES string of the molecule is COc1c2c(c(C)c3c1C(=O)OC3)O[C@@]1(C)C[C@@H](O)[C@@]3(O)C(C)(C)OC(=O)CC[C@]3(C)[C@@H]1C2. The van der Waals surface area contributed by atoms with Gasteiger partial charge in [-0.25, -0.2) is 4.79 Å². The third kappa shape index (κ3) is 2.59. The molecule has 5 atom stereocenters. The average Bonchev–Trinajstić information content (AvgIpc) is 3.09. The van der Waals surface area contributed by atoms with E-state index in [4.69, 9.17) is 18.9 Å². The number of carbonyl (C=O) groups excluding carboxylic acids is 2. The summed E-state index contributed by atoms with van der Waals surface area (Å²) >= 11 is 0. The predicted octanol–water partition coefficient (Wildman–Crippen LogP) is 2.60. The van der Waals surface area contributed by atoms with Gasteiger partial charge in [-0.3, -0.25) is 4.79 Å². The van der Waals surface area contributed by atoms with E-state index in [1.807, 2.05) is 20.8 Å². The number of esters is 2. The number of cyclic esters (lactones) is 2. The zero-order valence-corrected chi connectivity index (χ0v) is 20.0. The molecule has 5 rings (SSSR count). The van der Waals surface area contributed by atoms with Gasteiger partial charge in [0.2, 0.25) is 0 Å². The van der Waals surface area contributed by atoms with Crippen molar-refractivity contribution < 1.29 is 38.7 Å². The van der Waals surface area contributed by atoms with Gasteiger partial charge in [0.15, 0.2) is 0 Å². The van der Waals surface area contributed by atoms with Gasteiger partial charge < -0.3 is 29.2 Å². The second-order valence-electron chi connectivity index (χ2n) is 11.0. The van der Waals surface area contributed by atoms with Crippen molar-refractivity contribution in [2.75, 3.05) is 7.11 Å². The number of carbonyl (C=O) groups is 2. The maximum absolute atomic E-state index is 12.5. The Kier molecular flexibility index (Phi) is 4.51. The number of hydrogen-bond acceptors (Lipinski definition) is 8. The fourth-order valence-electron chi connectivity index (χ4n) is 7.31. The number of rotatable bonds is 1. The molecule has 33 heavy (non-hydrogen) atoms. The third-order valence-electron chi connectivity index (χ3n) is 8.96. The molecule has 8 heteroatoms. The summed E-state index contributed by atoms with van der Waals surface area (Å²) in [5.74, 6) is -0.0253. The second-order valence-corrected chi connectivity index (χ2v) is 11.0. The van der Waals surface area contributed by atoms with Crippen molar-refractivity contribution in [3.8, 4) is 11.5 Å². The summed E-state index contributed by atoms with van der Waals surface area (Å²) in [6.07, 6.45) is -0.102. The Bertz CT molecular complexity index is 1080. The van der Waals surface area contributed by atoms with Gasteiger partial charge >= 0.3 is 11.9 Å². The van der Waals surface area contributed by atoms with Crippen molar-refractivity contribution in [1.82, 2.24) is 0 Å². The Morgan fingerprint density at radius 1 is 1.09 bits per heavy atom. The first-order valence-electron chi connectivity index (χ1n) is 11.5. The summed E-state index contributed by atoms with van der Waals surface area (Å²) in [6, 6.07) is 0. The van der Waals surface area contributed by atoms with Crippen molar-refractivity contribution in [2.24, 2.45) is 11.3 Å². The lowest BCUT2D eigenvalue weighted by Gasteiger charge is -2.65. The van der Waals surface area contributed by atoms with Gasteiger partial charge in [-0.2, -0.15) is 0 Å². The summed E-state index contributed by atoms with van der Waals surface area (Å²) in [5.41, 5.74) is -1.98. The maximum Gasteiger partial charge on any atom is 0.342 e. The highest BCUT2D eigenvalue weighted by molar-refractivity contribution is 5.98. The number of aliphatic hydroxyl groups excluding tert-OH is 1. The van der Waals surface area contributed by atoms with Crippen LogP contribution in [0.3, 0.4) is 0 Å². The molecule has 0 bridgehead atoms. The summed E-state index contributed by atoms with van der Waals surface area (Å²) in [7, 11) is 1.52. The highest BCUT2D eigenvalue weighted by atomic mass is 16.6. The smallest absolute Gasteiger partial charge is 0.342 e. The number of fused-ring (bicyclic) bond motifs is 5. The van der Waals surface area contributed by atoms with Crippen LogP contribution in [0.2, 0.25) is 0 Å². The molecule has 0 aromatic heterocycles. The topological polar surface area (TPSA) is 112 Å². The van der Waals surface area contributed by atoms with Crippen LogP contribution in [0, 0.1) is 18.3 Å². The molecule has 3 aliphatic heterocycles. The van der Waals surface area contributed by atoms with E-state index < -0.39 is 40.3 Å². The normalized spacial score (nSPS) is 38.5. The van der Waals surface area contributed by atoms with Crippen molar-refractivity contribution in [2.45, 2.75) is 89.8 Å². The molecule has 8 nitrogen and oxygen atoms in total. The molecular weight excluding hydrogens is 428 g/mol. The van der Waals surface area contributed by atoms with Gasteiger partial charge in [0.25, 0.3) is 0 Å². The van der Waals surface area contributed by atoms with Crippen molar-refractivity contribution in [3.63, 3.8) is 0 Å². The van der Waals surface area contributed by atoms with Crippen LogP contribution in [0.25, 0.3) is 0 Å². The largest absolute Gasteiger partial charge is 0.495 e. The quantitative estimate of drug-likeness (QED) is 0.615. The molecule has 4 aliphatic rings. The van der Waals surface area contributed by atoms with E-state index in [1.165, 1.54) is 7.11 Å². The first-order valence-corrected chi connectivity index (χ1v) is 11.5. The van der Waals surface area contributed by atoms with Crippen LogP contribution in [0.15, 0.2) is 0 Å². The third-order valence-corrected chi connectivity index (χ3v) is 8.96. The van der Waals surface area contributed by atoms with Crippen molar-refractivity contribution in [1.29, 1.82) is 0 Å². The number of methoxy groups -OCH3 is 1. The summed E-state index contributed by atoms with van der Waals surface area (Å²) < 4.78 is 23.3. The first-order chi connectivity index (χ1) is 15.3. The molecule has 1 saturated carbocycles. The molecule has 0 radical (unpaired) electrons. The summed E-state index contributed by atoms with van der Waals surface area (Å²) in [5, 5.41) is 23.5. The molecule has 1 aromatic carbocycles. The fourth-order valence-corrected chi connectivity index (χ4v) is 7.31. The minimum Gasteiger partial charge on any atom is -0.495 e. The molecule has 1 saturated heterocycles. The molecule has 2 N–H and O–H groups in total. The number of aliphatic hydroxyl groups is 2. The summed E-state index contributed by atoms with van der Waals surface area (Å²) in [6.45, 7) is 9.26. The van der Waals surface area contributed by atoms with E-state index in [0.29, 0.717) is 29.9 Å².